The van der Waals surface area contributed by atoms with Gasteiger partial charge in [-0.25, -0.2) is 4.39 Å². The number of rotatable bonds is 3. The zero-order chi connectivity index (χ0) is 17.2. The van der Waals surface area contributed by atoms with Crippen LogP contribution in [0.5, 0.6) is 5.75 Å². The minimum absolute atomic E-state index is 0.0564. The molecule has 2 aromatic rings. The van der Waals surface area contributed by atoms with Gasteiger partial charge in [0, 0.05) is 32.1 Å². The number of piperidine rings is 1. The van der Waals surface area contributed by atoms with Crippen LogP contribution in [0.15, 0.2) is 30.3 Å². The summed E-state index contributed by atoms with van der Waals surface area (Å²) < 4.78 is 14.2. The zero-order valence-corrected chi connectivity index (χ0v) is 14.2. The van der Waals surface area contributed by atoms with Gasteiger partial charge in [-0.3, -0.25) is 0 Å². The van der Waals surface area contributed by atoms with E-state index < -0.39 is 5.82 Å². The first-order valence-corrected chi connectivity index (χ1v) is 9.03. The fourth-order valence-corrected chi connectivity index (χ4v) is 3.89. The molecule has 132 valence electrons. The minimum atomic E-state index is -0.496. The number of hydrogen-bond acceptors (Lipinski definition) is 5. The van der Waals surface area contributed by atoms with Crippen LogP contribution in [0.4, 0.5) is 16.0 Å². The lowest BCUT2D eigenvalue weighted by Crippen LogP contribution is -2.35. The van der Waals surface area contributed by atoms with Crippen LogP contribution in [0.25, 0.3) is 0 Å². The predicted octanol–water partition coefficient (Wildman–Crippen LogP) is 3.31. The highest BCUT2D eigenvalue weighted by Crippen LogP contribution is 2.33. The van der Waals surface area contributed by atoms with Gasteiger partial charge >= 0.3 is 0 Å². The molecule has 0 saturated carbocycles. The molecule has 2 aliphatic rings. The maximum atomic E-state index is 14.2. The third kappa shape index (κ3) is 3.25. The molecular weight excluding hydrogens is 319 g/mol. The Balaban J connectivity index is 1.50. The highest BCUT2D eigenvalue weighted by atomic mass is 19.1. The van der Waals surface area contributed by atoms with Gasteiger partial charge in [-0.1, -0.05) is 12.1 Å². The van der Waals surface area contributed by atoms with Crippen molar-refractivity contribution in [1.82, 2.24) is 10.2 Å². The van der Waals surface area contributed by atoms with E-state index in [1.807, 2.05) is 12.1 Å². The number of hydrogen-bond donors (Lipinski definition) is 1. The topological polar surface area (TPSA) is 52.5 Å². The molecule has 0 amide bonds. The van der Waals surface area contributed by atoms with E-state index in [4.69, 9.17) is 0 Å². The lowest BCUT2D eigenvalue weighted by Gasteiger charge is -2.33. The summed E-state index contributed by atoms with van der Waals surface area (Å²) in [6.45, 7) is 3.69. The van der Waals surface area contributed by atoms with Crippen molar-refractivity contribution in [2.75, 3.05) is 36.0 Å². The van der Waals surface area contributed by atoms with E-state index in [2.05, 4.69) is 20.0 Å². The lowest BCUT2D eigenvalue weighted by molar-refractivity contribution is 0.417. The molecule has 0 bridgehead atoms. The SMILES string of the molecule is Oc1cccc(C2CCCN(c3ccc(N4CCCC4)nn3)C2)c1F. The largest absolute Gasteiger partial charge is 0.505 e. The summed E-state index contributed by atoms with van der Waals surface area (Å²) >= 11 is 0. The van der Waals surface area contributed by atoms with Crippen molar-refractivity contribution in [3.05, 3.63) is 41.7 Å². The normalized spacial score (nSPS) is 20.9. The number of aromatic hydroxyl groups is 1. The Hall–Kier alpha value is -2.37. The molecule has 2 fully saturated rings. The molecule has 0 aliphatic carbocycles. The Kier molecular flexibility index (Phi) is 4.42. The van der Waals surface area contributed by atoms with Crippen LogP contribution in [0, 0.1) is 5.82 Å². The van der Waals surface area contributed by atoms with Crippen molar-refractivity contribution in [1.29, 1.82) is 0 Å². The molecule has 4 rings (SSSR count). The number of aromatic nitrogens is 2. The average Bonchev–Trinajstić information content (AvgIpc) is 3.19. The standard InChI is InChI=1S/C19H23FN4O/c20-19-15(6-3-7-16(19)25)14-5-4-12-24(13-14)18-9-8-17(21-22-18)23-10-1-2-11-23/h3,6-9,14,25H,1-2,4-5,10-13H2. The van der Waals surface area contributed by atoms with Crippen LogP contribution >= 0.6 is 0 Å². The van der Waals surface area contributed by atoms with Gasteiger partial charge in [-0.05, 0) is 49.4 Å². The van der Waals surface area contributed by atoms with E-state index in [1.54, 1.807) is 12.1 Å². The van der Waals surface area contributed by atoms with Crippen molar-refractivity contribution >= 4 is 11.6 Å². The molecule has 1 N–H and O–H groups in total. The highest BCUT2D eigenvalue weighted by Gasteiger charge is 2.26. The number of phenols is 1. The Morgan fingerprint density at radius 3 is 2.32 bits per heavy atom. The molecule has 0 spiro atoms. The number of nitrogens with zero attached hydrogens (tertiary/aromatic N) is 4. The van der Waals surface area contributed by atoms with Crippen LogP contribution < -0.4 is 9.80 Å². The fourth-order valence-electron chi connectivity index (χ4n) is 3.89. The van der Waals surface area contributed by atoms with E-state index >= 15 is 0 Å². The van der Waals surface area contributed by atoms with E-state index in [0.29, 0.717) is 12.1 Å². The van der Waals surface area contributed by atoms with E-state index in [0.717, 1.165) is 44.1 Å². The van der Waals surface area contributed by atoms with Gasteiger partial charge in [0.2, 0.25) is 0 Å². The maximum absolute atomic E-state index is 14.2. The van der Waals surface area contributed by atoms with Crippen molar-refractivity contribution in [3.63, 3.8) is 0 Å². The summed E-state index contributed by atoms with van der Waals surface area (Å²) in [7, 11) is 0. The second-order valence-corrected chi connectivity index (χ2v) is 6.91. The average molecular weight is 342 g/mol. The minimum Gasteiger partial charge on any atom is -0.505 e. The summed E-state index contributed by atoms with van der Waals surface area (Å²) in [4.78, 5) is 4.43. The Morgan fingerprint density at radius 2 is 1.60 bits per heavy atom. The summed E-state index contributed by atoms with van der Waals surface area (Å²) in [6.07, 6.45) is 4.31. The van der Waals surface area contributed by atoms with Crippen LogP contribution in [0.2, 0.25) is 0 Å². The Morgan fingerprint density at radius 1 is 0.920 bits per heavy atom. The fraction of sp³-hybridized carbons (Fsp3) is 0.474. The van der Waals surface area contributed by atoms with Crippen LogP contribution in [-0.4, -0.2) is 41.5 Å². The zero-order valence-electron chi connectivity index (χ0n) is 14.2. The number of halogens is 1. The van der Waals surface area contributed by atoms with Gasteiger partial charge in [0.05, 0.1) is 0 Å². The first-order chi connectivity index (χ1) is 12.2. The predicted molar refractivity (Wildman–Crippen MR) is 95.7 cm³/mol. The molecule has 2 aliphatic heterocycles. The van der Waals surface area contributed by atoms with Gasteiger partial charge in [0.15, 0.2) is 23.2 Å². The van der Waals surface area contributed by atoms with Crippen LogP contribution in [-0.2, 0) is 0 Å². The summed E-state index contributed by atoms with van der Waals surface area (Å²) in [5, 5.41) is 18.4. The van der Waals surface area contributed by atoms with Gasteiger partial charge in [-0.2, -0.15) is 0 Å². The number of benzene rings is 1. The highest BCUT2D eigenvalue weighted by molar-refractivity contribution is 5.46. The lowest BCUT2D eigenvalue weighted by atomic mass is 9.90. The molecule has 1 unspecified atom stereocenters. The Bertz CT molecular complexity index is 731. The molecule has 25 heavy (non-hydrogen) atoms. The van der Waals surface area contributed by atoms with Gasteiger partial charge in [0.1, 0.15) is 0 Å². The van der Waals surface area contributed by atoms with Gasteiger partial charge < -0.3 is 14.9 Å². The summed E-state index contributed by atoms with van der Waals surface area (Å²) in [5.41, 5.74) is 0.589. The molecule has 0 radical (unpaired) electrons. The molecule has 1 aromatic carbocycles. The van der Waals surface area contributed by atoms with E-state index in [1.165, 1.54) is 18.9 Å². The second kappa shape index (κ2) is 6.86. The van der Waals surface area contributed by atoms with E-state index in [-0.39, 0.29) is 11.7 Å². The molecule has 6 heteroatoms. The van der Waals surface area contributed by atoms with Crippen molar-refractivity contribution in [2.45, 2.75) is 31.6 Å². The smallest absolute Gasteiger partial charge is 0.168 e. The third-order valence-corrected chi connectivity index (χ3v) is 5.26. The van der Waals surface area contributed by atoms with Crippen molar-refractivity contribution in [2.24, 2.45) is 0 Å². The van der Waals surface area contributed by atoms with Gasteiger partial charge in [-0.15, -0.1) is 10.2 Å². The van der Waals surface area contributed by atoms with Crippen LogP contribution in [0.1, 0.15) is 37.2 Å². The molecule has 2 saturated heterocycles. The Labute approximate surface area is 147 Å². The van der Waals surface area contributed by atoms with E-state index in [9.17, 15) is 9.50 Å². The first-order valence-electron chi connectivity index (χ1n) is 9.03. The third-order valence-electron chi connectivity index (χ3n) is 5.26. The first kappa shape index (κ1) is 16.1. The van der Waals surface area contributed by atoms with Gasteiger partial charge in [0.25, 0.3) is 0 Å². The molecule has 1 aromatic heterocycles. The molecule has 5 nitrogen and oxygen atoms in total. The van der Waals surface area contributed by atoms with Crippen LogP contribution in [0.3, 0.4) is 0 Å². The second-order valence-electron chi connectivity index (χ2n) is 6.91. The molecular formula is C19H23FN4O. The monoisotopic (exact) mass is 342 g/mol. The molecule has 3 heterocycles. The summed E-state index contributed by atoms with van der Waals surface area (Å²) in [6, 6.07) is 8.92. The van der Waals surface area contributed by atoms with Crippen molar-refractivity contribution in [3.8, 4) is 5.75 Å². The molecule has 1 atom stereocenters. The number of anilines is 2. The summed E-state index contributed by atoms with van der Waals surface area (Å²) in [5.74, 6) is 1.07. The van der Waals surface area contributed by atoms with Crippen molar-refractivity contribution < 1.29 is 9.50 Å². The number of phenolic OH excluding ortho intramolecular Hbond substituents is 1. The maximum Gasteiger partial charge on any atom is 0.168 e. The quantitative estimate of drug-likeness (QED) is 0.927.